The molecule has 0 N–H and O–H groups in total. The fourth-order valence-corrected chi connectivity index (χ4v) is 0.558. The summed E-state index contributed by atoms with van der Waals surface area (Å²) in [5.41, 5.74) is 0.627. The zero-order valence-electron chi connectivity index (χ0n) is 6.39. The minimum atomic E-state index is -0.322. The summed E-state index contributed by atoms with van der Waals surface area (Å²) in [7, 11) is 0. The first-order valence-electron chi connectivity index (χ1n) is 3.21. The second kappa shape index (κ2) is 4.79. The van der Waals surface area contributed by atoms with Crippen LogP contribution in [0.5, 0.6) is 0 Å². The first-order valence-corrected chi connectivity index (χ1v) is 3.21. The van der Waals surface area contributed by atoms with Gasteiger partial charge in [-0.05, 0) is 13.3 Å². The van der Waals surface area contributed by atoms with Crippen LogP contribution in [-0.2, 0) is 9.53 Å². The maximum atomic E-state index is 10.8. The Bertz CT molecular complexity index is 157. The Labute approximate surface area is 61.2 Å². The molecule has 0 amide bonds. The molecule has 0 aliphatic carbocycles. The highest BCUT2D eigenvalue weighted by Gasteiger charge is 2.00. The third-order valence-corrected chi connectivity index (χ3v) is 1.02. The fourth-order valence-electron chi connectivity index (χ4n) is 0.558. The summed E-state index contributed by atoms with van der Waals surface area (Å²) in [6, 6.07) is 0. The molecule has 56 valence electrons. The second-order valence-electron chi connectivity index (χ2n) is 1.87. The molecule has 0 saturated carbocycles. The van der Waals surface area contributed by atoms with Crippen molar-refractivity contribution in [1.82, 2.24) is 0 Å². The molecule has 2 heteroatoms. The van der Waals surface area contributed by atoms with E-state index in [0.29, 0.717) is 5.57 Å². The summed E-state index contributed by atoms with van der Waals surface area (Å²) >= 11 is 0. The van der Waals surface area contributed by atoms with E-state index < -0.39 is 0 Å². The number of allylic oxidation sites excluding steroid dienone is 1. The Hall–Kier alpha value is -1.05. The second-order valence-corrected chi connectivity index (χ2v) is 1.87. The predicted molar refractivity (Wildman–Crippen MR) is 40.3 cm³/mol. The van der Waals surface area contributed by atoms with E-state index in [2.05, 4.69) is 11.3 Å². The normalized spacial score (nSPS) is 10.8. The van der Waals surface area contributed by atoms with E-state index in [9.17, 15) is 4.79 Å². The lowest BCUT2D eigenvalue weighted by atomic mass is 10.2. The van der Waals surface area contributed by atoms with Gasteiger partial charge in [0.05, 0.1) is 6.26 Å². The van der Waals surface area contributed by atoms with Crippen molar-refractivity contribution < 1.29 is 9.53 Å². The number of rotatable bonds is 3. The van der Waals surface area contributed by atoms with Crippen molar-refractivity contribution in [2.45, 2.75) is 20.3 Å². The number of carbonyl (C=O) groups is 1. The summed E-state index contributed by atoms with van der Waals surface area (Å²) in [6.07, 6.45) is 3.79. The van der Waals surface area contributed by atoms with Crippen LogP contribution in [0.15, 0.2) is 24.5 Å². The monoisotopic (exact) mass is 140 g/mol. The van der Waals surface area contributed by atoms with Crippen molar-refractivity contribution in [3.05, 3.63) is 24.5 Å². The van der Waals surface area contributed by atoms with Gasteiger partial charge in [-0.25, -0.2) is 4.79 Å². The molecule has 0 saturated heterocycles. The SMILES string of the molecule is C=COC(=O)C(C)=CCC. The van der Waals surface area contributed by atoms with Gasteiger partial charge in [0.25, 0.3) is 0 Å². The van der Waals surface area contributed by atoms with Crippen LogP contribution in [0.1, 0.15) is 20.3 Å². The molecule has 0 radical (unpaired) electrons. The maximum absolute atomic E-state index is 10.8. The Morgan fingerprint density at radius 2 is 2.30 bits per heavy atom. The van der Waals surface area contributed by atoms with Gasteiger partial charge in [0.15, 0.2) is 0 Å². The van der Waals surface area contributed by atoms with Crippen LogP contribution in [0.2, 0.25) is 0 Å². The average molecular weight is 140 g/mol. The Morgan fingerprint density at radius 3 is 2.70 bits per heavy atom. The molecule has 0 aromatic rings. The molecule has 0 bridgehead atoms. The zero-order chi connectivity index (χ0) is 7.98. The minimum Gasteiger partial charge on any atom is -0.432 e. The topological polar surface area (TPSA) is 26.3 Å². The van der Waals surface area contributed by atoms with Gasteiger partial charge < -0.3 is 4.74 Å². The van der Waals surface area contributed by atoms with E-state index >= 15 is 0 Å². The molecule has 0 aromatic heterocycles. The van der Waals surface area contributed by atoms with E-state index in [1.807, 2.05) is 13.0 Å². The number of hydrogen-bond donors (Lipinski definition) is 0. The van der Waals surface area contributed by atoms with Crippen molar-refractivity contribution in [2.24, 2.45) is 0 Å². The van der Waals surface area contributed by atoms with Gasteiger partial charge in [-0.15, -0.1) is 0 Å². The molecule has 0 unspecified atom stereocenters. The van der Waals surface area contributed by atoms with E-state index in [0.717, 1.165) is 12.7 Å². The lowest BCUT2D eigenvalue weighted by molar-refractivity contribution is -0.133. The quantitative estimate of drug-likeness (QED) is 0.340. The summed E-state index contributed by atoms with van der Waals surface area (Å²) in [5.74, 6) is -0.322. The molecule has 2 nitrogen and oxygen atoms in total. The summed E-state index contributed by atoms with van der Waals surface area (Å²) in [4.78, 5) is 10.8. The van der Waals surface area contributed by atoms with Gasteiger partial charge in [-0.2, -0.15) is 0 Å². The van der Waals surface area contributed by atoms with Crippen molar-refractivity contribution in [2.75, 3.05) is 0 Å². The van der Waals surface area contributed by atoms with Crippen molar-refractivity contribution in [3.8, 4) is 0 Å². The van der Waals surface area contributed by atoms with E-state index in [1.165, 1.54) is 0 Å². The lowest BCUT2D eigenvalue weighted by Gasteiger charge is -1.96. The van der Waals surface area contributed by atoms with Gasteiger partial charge in [-0.1, -0.05) is 19.6 Å². The lowest BCUT2D eigenvalue weighted by Crippen LogP contribution is -1.99. The molecular formula is C8H12O2. The smallest absolute Gasteiger partial charge is 0.338 e. The highest BCUT2D eigenvalue weighted by molar-refractivity contribution is 5.88. The summed E-state index contributed by atoms with van der Waals surface area (Å²) in [6.45, 7) is 6.95. The van der Waals surface area contributed by atoms with E-state index in [4.69, 9.17) is 0 Å². The zero-order valence-corrected chi connectivity index (χ0v) is 6.39. The first-order chi connectivity index (χ1) is 4.72. The van der Waals surface area contributed by atoms with Crippen LogP contribution in [0, 0.1) is 0 Å². The number of esters is 1. The molecule has 0 heterocycles. The van der Waals surface area contributed by atoms with Crippen LogP contribution >= 0.6 is 0 Å². The van der Waals surface area contributed by atoms with Crippen molar-refractivity contribution in [3.63, 3.8) is 0 Å². The Kier molecular flexibility index (Phi) is 4.29. The third kappa shape index (κ3) is 3.07. The van der Waals surface area contributed by atoms with Crippen LogP contribution in [0.4, 0.5) is 0 Å². The number of ether oxygens (including phenoxy) is 1. The van der Waals surface area contributed by atoms with Crippen LogP contribution in [0.25, 0.3) is 0 Å². The molecular weight excluding hydrogens is 128 g/mol. The highest BCUT2D eigenvalue weighted by Crippen LogP contribution is 1.97. The van der Waals surface area contributed by atoms with Crippen molar-refractivity contribution >= 4 is 5.97 Å². The van der Waals surface area contributed by atoms with Gasteiger partial charge >= 0.3 is 5.97 Å². The largest absolute Gasteiger partial charge is 0.432 e. The third-order valence-electron chi connectivity index (χ3n) is 1.02. The van der Waals surface area contributed by atoms with Gasteiger partial charge in [0.1, 0.15) is 0 Å². The van der Waals surface area contributed by atoms with E-state index in [1.54, 1.807) is 6.92 Å². The van der Waals surface area contributed by atoms with Gasteiger partial charge in [-0.3, -0.25) is 0 Å². The minimum absolute atomic E-state index is 0.322. The highest BCUT2D eigenvalue weighted by atomic mass is 16.5. The first kappa shape index (κ1) is 8.95. The average Bonchev–Trinajstić information content (AvgIpc) is 1.89. The molecule has 0 aromatic carbocycles. The van der Waals surface area contributed by atoms with Crippen molar-refractivity contribution in [1.29, 1.82) is 0 Å². The molecule has 0 aliphatic heterocycles. The molecule has 0 fully saturated rings. The molecule has 0 aliphatic rings. The summed E-state index contributed by atoms with van der Waals surface area (Å²) in [5, 5.41) is 0. The maximum Gasteiger partial charge on any atom is 0.338 e. The predicted octanol–water partition coefficient (Wildman–Crippen LogP) is 2.03. The van der Waals surface area contributed by atoms with E-state index in [-0.39, 0.29) is 5.97 Å². The van der Waals surface area contributed by atoms with Gasteiger partial charge in [0.2, 0.25) is 0 Å². The number of hydrogen-bond acceptors (Lipinski definition) is 2. The summed E-state index contributed by atoms with van der Waals surface area (Å²) < 4.78 is 4.51. The molecule has 0 atom stereocenters. The molecule has 10 heavy (non-hydrogen) atoms. The van der Waals surface area contributed by atoms with Gasteiger partial charge in [0, 0.05) is 5.57 Å². The molecule has 0 rings (SSSR count). The van der Waals surface area contributed by atoms with Crippen LogP contribution in [0.3, 0.4) is 0 Å². The molecule has 0 spiro atoms. The van der Waals surface area contributed by atoms with Crippen LogP contribution in [-0.4, -0.2) is 5.97 Å². The Morgan fingerprint density at radius 1 is 1.70 bits per heavy atom. The fraction of sp³-hybridized carbons (Fsp3) is 0.375. The standard InChI is InChI=1S/C8H12O2/c1-4-6-7(3)8(9)10-5-2/h5-6H,2,4H2,1,3H3. The Balaban J connectivity index is 3.93. The number of carbonyl (C=O) groups excluding carboxylic acids is 1. The van der Waals surface area contributed by atoms with Crippen LogP contribution < -0.4 is 0 Å².